The number of nitrogens with zero attached hydrogens (tertiary/aromatic N) is 1. The molecule has 5 nitrogen and oxygen atoms in total. The van der Waals surface area contributed by atoms with Gasteiger partial charge in [0, 0.05) is 37.7 Å². The maximum Gasteiger partial charge on any atom is 0.410 e. The molecule has 2 atom stereocenters. The number of aliphatic hydroxyl groups is 1. The van der Waals surface area contributed by atoms with Crippen molar-refractivity contribution < 1.29 is 14.6 Å². The highest BCUT2D eigenvalue weighted by Crippen LogP contribution is 2.22. The number of rotatable bonds is 6. The van der Waals surface area contributed by atoms with Crippen LogP contribution < -0.4 is 5.32 Å². The van der Waals surface area contributed by atoms with E-state index in [0.29, 0.717) is 0 Å². The van der Waals surface area contributed by atoms with Crippen LogP contribution in [0.3, 0.4) is 0 Å². The Morgan fingerprint density at radius 3 is 2.57 bits per heavy atom. The molecule has 0 aromatic rings. The van der Waals surface area contributed by atoms with Crippen molar-refractivity contribution in [1.29, 1.82) is 0 Å². The Kier molecular flexibility index (Phi) is 6.47. The monoisotopic (exact) mass is 300 g/mol. The average Bonchev–Trinajstić information content (AvgIpc) is 2.85. The first kappa shape index (κ1) is 18.2. The molecule has 1 aliphatic heterocycles. The van der Waals surface area contributed by atoms with E-state index in [1.807, 2.05) is 25.7 Å². The molecule has 0 spiro atoms. The first-order chi connectivity index (χ1) is 9.71. The van der Waals surface area contributed by atoms with Crippen LogP contribution in [-0.2, 0) is 4.74 Å². The molecule has 2 N–H and O–H groups in total. The van der Waals surface area contributed by atoms with E-state index in [-0.39, 0.29) is 24.2 Å². The van der Waals surface area contributed by atoms with Crippen molar-refractivity contribution in [2.45, 2.75) is 65.5 Å². The minimum absolute atomic E-state index is 0.0879. The van der Waals surface area contributed by atoms with Crippen molar-refractivity contribution in [3.63, 3.8) is 0 Å². The lowest BCUT2D eigenvalue weighted by molar-refractivity contribution is 0.0223. The third-order valence-electron chi connectivity index (χ3n) is 4.17. The summed E-state index contributed by atoms with van der Waals surface area (Å²) in [5, 5.41) is 12.8. The molecule has 1 heterocycles. The van der Waals surface area contributed by atoms with Crippen molar-refractivity contribution in [2.24, 2.45) is 5.41 Å². The summed E-state index contributed by atoms with van der Waals surface area (Å²) in [6, 6.07) is 0.194. The highest BCUT2D eigenvalue weighted by Gasteiger charge is 2.32. The molecule has 0 aromatic heterocycles. The predicted octanol–water partition coefficient (Wildman–Crippen LogP) is 2.38. The van der Waals surface area contributed by atoms with Gasteiger partial charge in [-0.3, -0.25) is 0 Å². The second-order valence-corrected chi connectivity index (χ2v) is 7.42. The molecule has 1 rings (SSSR count). The van der Waals surface area contributed by atoms with E-state index in [0.717, 1.165) is 38.9 Å². The van der Waals surface area contributed by atoms with E-state index in [1.54, 1.807) is 0 Å². The van der Waals surface area contributed by atoms with Crippen LogP contribution in [0.25, 0.3) is 0 Å². The lowest BCUT2D eigenvalue weighted by Crippen LogP contribution is -2.46. The Bertz CT molecular complexity index is 335. The van der Waals surface area contributed by atoms with Crippen LogP contribution in [0, 0.1) is 5.41 Å². The summed E-state index contributed by atoms with van der Waals surface area (Å²) in [5.74, 6) is 0. The summed E-state index contributed by atoms with van der Waals surface area (Å²) in [6.45, 7) is 12.3. The number of carbonyl (C=O) groups is 1. The molecular weight excluding hydrogens is 268 g/mol. The van der Waals surface area contributed by atoms with Crippen LogP contribution >= 0.6 is 0 Å². The maximum absolute atomic E-state index is 12.2. The molecule has 0 aromatic carbocycles. The van der Waals surface area contributed by atoms with Crippen LogP contribution in [0.4, 0.5) is 4.79 Å². The summed E-state index contributed by atoms with van der Waals surface area (Å²) < 4.78 is 5.46. The zero-order valence-electron chi connectivity index (χ0n) is 14.2. The molecule has 0 aliphatic carbocycles. The second kappa shape index (κ2) is 7.45. The molecule has 5 heteroatoms. The van der Waals surface area contributed by atoms with Gasteiger partial charge < -0.3 is 20.1 Å². The molecular formula is C16H32N2O3. The van der Waals surface area contributed by atoms with Crippen molar-refractivity contribution in [3.05, 3.63) is 0 Å². The van der Waals surface area contributed by atoms with E-state index >= 15 is 0 Å². The van der Waals surface area contributed by atoms with Gasteiger partial charge in [-0.1, -0.05) is 13.8 Å². The number of carbonyl (C=O) groups excluding carboxylic acids is 1. The summed E-state index contributed by atoms with van der Waals surface area (Å²) in [5.41, 5.74) is -0.537. The number of hydrogen-bond donors (Lipinski definition) is 2. The highest BCUT2D eigenvalue weighted by atomic mass is 16.6. The van der Waals surface area contributed by atoms with Crippen molar-refractivity contribution in [2.75, 3.05) is 26.2 Å². The number of likely N-dealkylation sites (tertiary alicyclic amines) is 1. The van der Waals surface area contributed by atoms with E-state index in [9.17, 15) is 9.90 Å². The minimum atomic E-state index is -0.449. The lowest BCUT2D eigenvalue weighted by atomic mass is 9.88. The van der Waals surface area contributed by atoms with Gasteiger partial charge in [-0.25, -0.2) is 4.79 Å². The Balaban J connectivity index is 2.45. The summed E-state index contributed by atoms with van der Waals surface area (Å²) in [6.07, 6.45) is 2.74. The molecule has 1 aliphatic rings. The van der Waals surface area contributed by atoms with Crippen molar-refractivity contribution in [3.8, 4) is 0 Å². The van der Waals surface area contributed by atoms with Gasteiger partial charge in [0.15, 0.2) is 0 Å². The van der Waals surface area contributed by atoms with Gasteiger partial charge in [0.05, 0.1) is 0 Å². The summed E-state index contributed by atoms with van der Waals surface area (Å²) in [4.78, 5) is 14.0. The highest BCUT2D eigenvalue weighted by molar-refractivity contribution is 5.69. The van der Waals surface area contributed by atoms with Gasteiger partial charge in [-0.2, -0.15) is 0 Å². The molecule has 21 heavy (non-hydrogen) atoms. The topological polar surface area (TPSA) is 61.8 Å². The van der Waals surface area contributed by atoms with Gasteiger partial charge in [0.25, 0.3) is 0 Å². The fraction of sp³-hybridized carbons (Fsp3) is 0.938. The smallest absolute Gasteiger partial charge is 0.410 e. The lowest BCUT2D eigenvalue weighted by Gasteiger charge is -2.30. The van der Waals surface area contributed by atoms with Gasteiger partial charge in [-0.05, 0) is 40.0 Å². The molecule has 1 amide bonds. The van der Waals surface area contributed by atoms with E-state index in [1.165, 1.54) is 0 Å². The summed E-state index contributed by atoms with van der Waals surface area (Å²) in [7, 11) is 0. The number of amides is 1. The Labute approximate surface area is 129 Å². The fourth-order valence-electron chi connectivity index (χ4n) is 2.44. The number of nitrogens with one attached hydrogen (secondary N) is 1. The first-order valence-electron chi connectivity index (χ1n) is 8.02. The van der Waals surface area contributed by atoms with Gasteiger partial charge in [0.1, 0.15) is 5.60 Å². The predicted molar refractivity (Wildman–Crippen MR) is 84.3 cm³/mol. The Hall–Kier alpha value is -0.810. The van der Waals surface area contributed by atoms with Gasteiger partial charge in [-0.15, -0.1) is 0 Å². The molecule has 2 unspecified atom stereocenters. The quantitative estimate of drug-likeness (QED) is 0.790. The van der Waals surface area contributed by atoms with Crippen molar-refractivity contribution in [1.82, 2.24) is 10.2 Å². The largest absolute Gasteiger partial charge is 0.444 e. The number of hydrogen-bond acceptors (Lipinski definition) is 4. The third-order valence-corrected chi connectivity index (χ3v) is 4.17. The first-order valence-corrected chi connectivity index (χ1v) is 8.02. The Morgan fingerprint density at radius 2 is 2.05 bits per heavy atom. The minimum Gasteiger partial charge on any atom is -0.444 e. The number of ether oxygens (including phenoxy) is 1. The molecule has 1 fully saturated rings. The van der Waals surface area contributed by atoms with Crippen LogP contribution in [0.1, 0.15) is 53.9 Å². The molecule has 124 valence electrons. The van der Waals surface area contributed by atoms with Crippen LogP contribution in [-0.4, -0.2) is 54.0 Å². The normalized spacial score (nSPS) is 22.2. The maximum atomic E-state index is 12.2. The standard InChI is InChI=1S/C16H32N2O3/c1-6-16(5,12-19)11-17-10-13-8-7-9-18(13)14(20)21-15(2,3)4/h13,17,19H,6-12H2,1-5H3. The average molecular weight is 300 g/mol. The van der Waals surface area contributed by atoms with Gasteiger partial charge >= 0.3 is 6.09 Å². The SMILES string of the molecule is CCC(C)(CO)CNCC1CCCN1C(=O)OC(C)(C)C. The van der Waals surface area contributed by atoms with Crippen LogP contribution in [0.5, 0.6) is 0 Å². The zero-order valence-corrected chi connectivity index (χ0v) is 14.2. The molecule has 0 bridgehead atoms. The van der Waals surface area contributed by atoms with Crippen molar-refractivity contribution >= 4 is 6.09 Å². The van der Waals surface area contributed by atoms with Gasteiger partial charge in [0.2, 0.25) is 0 Å². The zero-order chi connectivity index (χ0) is 16.1. The third kappa shape index (κ3) is 5.83. The Morgan fingerprint density at radius 1 is 1.38 bits per heavy atom. The van der Waals surface area contributed by atoms with E-state index in [2.05, 4.69) is 19.2 Å². The molecule has 0 radical (unpaired) electrons. The fourth-order valence-corrected chi connectivity index (χ4v) is 2.44. The molecule has 1 saturated heterocycles. The van der Waals surface area contributed by atoms with Crippen LogP contribution in [0.15, 0.2) is 0 Å². The van der Waals surface area contributed by atoms with Crippen LogP contribution in [0.2, 0.25) is 0 Å². The molecule has 0 saturated carbocycles. The van der Waals surface area contributed by atoms with E-state index in [4.69, 9.17) is 4.74 Å². The second-order valence-electron chi connectivity index (χ2n) is 7.42. The van der Waals surface area contributed by atoms with E-state index < -0.39 is 5.60 Å². The number of aliphatic hydroxyl groups excluding tert-OH is 1. The summed E-state index contributed by atoms with van der Waals surface area (Å²) >= 11 is 0.